The van der Waals surface area contributed by atoms with Crippen LogP contribution in [-0.4, -0.2) is 18.0 Å². The molecule has 2 rings (SSSR count). The van der Waals surface area contributed by atoms with Crippen molar-refractivity contribution in [3.05, 3.63) is 47.1 Å². The first-order chi connectivity index (χ1) is 9.11. The molecule has 1 aromatic heterocycles. The van der Waals surface area contributed by atoms with Crippen molar-refractivity contribution >= 4 is 29.0 Å². The van der Waals surface area contributed by atoms with Gasteiger partial charge in [-0.25, -0.2) is 4.98 Å². The number of ether oxygens (including phenoxy) is 1. The summed E-state index contributed by atoms with van der Waals surface area (Å²) in [6, 6.07) is 8.13. The van der Waals surface area contributed by atoms with Crippen molar-refractivity contribution < 1.29 is 9.53 Å². The van der Waals surface area contributed by atoms with E-state index in [4.69, 9.17) is 22.1 Å². The molecule has 0 bridgehead atoms. The maximum absolute atomic E-state index is 12.2. The Bertz CT molecular complexity index is 617. The summed E-state index contributed by atoms with van der Waals surface area (Å²) in [5.74, 6) is 0.343. The first kappa shape index (κ1) is 13.2. The van der Waals surface area contributed by atoms with E-state index in [1.54, 1.807) is 30.5 Å². The minimum atomic E-state index is -0.384. The average molecular weight is 278 g/mol. The number of carbonyl (C=O) groups excluding carboxylic acids is 1. The van der Waals surface area contributed by atoms with Crippen LogP contribution in [0.25, 0.3) is 0 Å². The fraction of sp³-hybridized carbons (Fsp3) is 0.0769. The molecule has 1 heterocycles. The molecular formula is C13H12ClN3O2. The summed E-state index contributed by atoms with van der Waals surface area (Å²) in [5.41, 5.74) is 6.42. The third-order valence-corrected chi connectivity index (χ3v) is 2.71. The highest BCUT2D eigenvalue weighted by atomic mass is 35.5. The lowest BCUT2D eigenvalue weighted by molar-refractivity contribution is 0.102. The van der Waals surface area contributed by atoms with Crippen LogP contribution in [0.3, 0.4) is 0 Å². The van der Waals surface area contributed by atoms with E-state index in [1.807, 2.05) is 0 Å². The molecule has 1 aromatic carbocycles. The normalized spacial score (nSPS) is 10.0. The van der Waals surface area contributed by atoms with Crippen molar-refractivity contribution in [1.82, 2.24) is 4.98 Å². The molecule has 3 N–H and O–H groups in total. The largest absolute Gasteiger partial charge is 0.496 e. The van der Waals surface area contributed by atoms with Crippen molar-refractivity contribution in [2.24, 2.45) is 0 Å². The highest BCUT2D eigenvalue weighted by molar-refractivity contribution is 6.31. The summed E-state index contributed by atoms with van der Waals surface area (Å²) in [6.45, 7) is 0. The van der Waals surface area contributed by atoms with Crippen LogP contribution < -0.4 is 15.8 Å². The molecule has 0 unspecified atom stereocenters. The van der Waals surface area contributed by atoms with E-state index in [2.05, 4.69) is 10.3 Å². The van der Waals surface area contributed by atoms with Gasteiger partial charge in [-0.3, -0.25) is 4.79 Å². The average Bonchev–Trinajstić information content (AvgIpc) is 2.41. The third kappa shape index (κ3) is 2.95. The first-order valence-electron chi connectivity index (χ1n) is 5.47. The van der Waals surface area contributed by atoms with Crippen molar-refractivity contribution in [1.29, 1.82) is 0 Å². The van der Waals surface area contributed by atoms with Gasteiger partial charge < -0.3 is 15.8 Å². The van der Waals surface area contributed by atoms with Gasteiger partial charge in [-0.2, -0.15) is 0 Å². The van der Waals surface area contributed by atoms with E-state index in [9.17, 15) is 4.79 Å². The number of nitrogens with zero attached hydrogens (tertiary/aromatic N) is 1. The Morgan fingerprint density at radius 3 is 2.89 bits per heavy atom. The molecule has 0 fully saturated rings. The number of rotatable bonds is 3. The van der Waals surface area contributed by atoms with Crippen molar-refractivity contribution in [2.45, 2.75) is 0 Å². The zero-order valence-electron chi connectivity index (χ0n) is 10.2. The molecule has 98 valence electrons. The molecule has 0 atom stereocenters. The molecule has 5 nitrogen and oxygen atoms in total. The molecular weight excluding hydrogens is 266 g/mol. The molecule has 0 radical (unpaired) electrons. The number of amides is 1. The summed E-state index contributed by atoms with van der Waals surface area (Å²) < 4.78 is 5.12. The van der Waals surface area contributed by atoms with Crippen molar-refractivity contribution in [2.75, 3.05) is 18.2 Å². The van der Waals surface area contributed by atoms with Gasteiger partial charge >= 0.3 is 0 Å². The van der Waals surface area contributed by atoms with Crippen LogP contribution in [0.2, 0.25) is 5.02 Å². The number of pyridine rings is 1. The Labute approximate surface area is 115 Å². The quantitative estimate of drug-likeness (QED) is 0.904. The summed E-state index contributed by atoms with van der Waals surface area (Å²) in [6.07, 6.45) is 1.54. The number of hydrogen-bond donors (Lipinski definition) is 2. The lowest BCUT2D eigenvalue weighted by Gasteiger charge is -2.10. The topological polar surface area (TPSA) is 77.2 Å². The second-order valence-electron chi connectivity index (χ2n) is 3.74. The highest BCUT2D eigenvalue weighted by Crippen LogP contribution is 2.24. The summed E-state index contributed by atoms with van der Waals surface area (Å²) in [5, 5.41) is 3.06. The second kappa shape index (κ2) is 5.58. The lowest BCUT2D eigenvalue weighted by atomic mass is 10.2. The standard InChI is InChI=1S/C13H12ClN3O2/c1-19-11-5-4-8(14)7-9(11)13(18)17-12-10(15)3-2-6-16-12/h2-7H,15H2,1H3,(H,16,17,18). The second-order valence-corrected chi connectivity index (χ2v) is 4.18. The molecule has 2 aromatic rings. The van der Waals surface area contributed by atoms with E-state index in [-0.39, 0.29) is 5.91 Å². The number of benzene rings is 1. The van der Waals surface area contributed by atoms with Gasteiger partial charge in [0.15, 0.2) is 5.82 Å². The van der Waals surface area contributed by atoms with Crippen molar-refractivity contribution in [3.8, 4) is 5.75 Å². The Morgan fingerprint density at radius 2 is 2.21 bits per heavy atom. The number of methoxy groups -OCH3 is 1. The number of aromatic nitrogens is 1. The maximum atomic E-state index is 12.2. The van der Waals surface area contributed by atoms with Crippen LogP contribution >= 0.6 is 11.6 Å². The molecule has 0 aliphatic carbocycles. The molecule has 0 saturated heterocycles. The minimum Gasteiger partial charge on any atom is -0.496 e. The number of nitrogens with one attached hydrogen (secondary N) is 1. The van der Waals surface area contributed by atoms with E-state index < -0.39 is 0 Å². The van der Waals surface area contributed by atoms with Crippen LogP contribution in [0.15, 0.2) is 36.5 Å². The van der Waals surface area contributed by atoms with E-state index in [1.165, 1.54) is 13.2 Å². The SMILES string of the molecule is COc1ccc(Cl)cc1C(=O)Nc1ncccc1N. The zero-order valence-corrected chi connectivity index (χ0v) is 10.9. The van der Waals surface area contributed by atoms with Crippen LogP contribution in [0, 0.1) is 0 Å². The van der Waals surface area contributed by atoms with E-state index in [0.29, 0.717) is 27.8 Å². The summed E-state index contributed by atoms with van der Waals surface area (Å²) >= 11 is 5.88. The number of nitrogen functional groups attached to an aromatic ring is 1. The van der Waals surface area contributed by atoms with Gasteiger partial charge in [0.2, 0.25) is 0 Å². The predicted octanol–water partition coefficient (Wildman–Crippen LogP) is 2.58. The Kier molecular flexibility index (Phi) is 3.87. The fourth-order valence-electron chi connectivity index (χ4n) is 1.55. The van der Waals surface area contributed by atoms with Crippen LogP contribution in [-0.2, 0) is 0 Å². The third-order valence-electron chi connectivity index (χ3n) is 2.48. The summed E-state index contributed by atoms with van der Waals surface area (Å²) in [4.78, 5) is 16.1. The number of nitrogens with two attached hydrogens (primary N) is 1. The molecule has 1 amide bonds. The number of carbonyl (C=O) groups is 1. The molecule has 0 spiro atoms. The van der Waals surface area contributed by atoms with Crippen molar-refractivity contribution in [3.63, 3.8) is 0 Å². The van der Waals surface area contributed by atoms with E-state index >= 15 is 0 Å². The smallest absolute Gasteiger partial charge is 0.260 e. The van der Waals surface area contributed by atoms with Gasteiger partial charge in [-0.05, 0) is 30.3 Å². The van der Waals surface area contributed by atoms with Gasteiger partial charge in [0, 0.05) is 11.2 Å². The zero-order chi connectivity index (χ0) is 13.8. The summed E-state index contributed by atoms with van der Waals surface area (Å²) in [7, 11) is 1.48. The molecule has 0 aliphatic heterocycles. The number of hydrogen-bond acceptors (Lipinski definition) is 4. The molecule has 6 heteroatoms. The molecule has 19 heavy (non-hydrogen) atoms. The first-order valence-corrected chi connectivity index (χ1v) is 5.85. The Hall–Kier alpha value is -2.27. The lowest BCUT2D eigenvalue weighted by Crippen LogP contribution is -2.15. The van der Waals surface area contributed by atoms with Crippen LogP contribution in [0.1, 0.15) is 10.4 Å². The van der Waals surface area contributed by atoms with Gasteiger partial charge in [0.1, 0.15) is 5.75 Å². The monoisotopic (exact) mass is 277 g/mol. The Morgan fingerprint density at radius 1 is 1.42 bits per heavy atom. The minimum absolute atomic E-state index is 0.300. The molecule has 0 saturated carbocycles. The Balaban J connectivity index is 2.30. The number of anilines is 2. The van der Waals surface area contributed by atoms with Crippen LogP contribution in [0.4, 0.5) is 11.5 Å². The highest BCUT2D eigenvalue weighted by Gasteiger charge is 2.14. The number of halogens is 1. The van der Waals surface area contributed by atoms with Crippen LogP contribution in [0.5, 0.6) is 5.75 Å². The fourth-order valence-corrected chi connectivity index (χ4v) is 1.73. The van der Waals surface area contributed by atoms with Gasteiger partial charge in [-0.1, -0.05) is 11.6 Å². The van der Waals surface area contributed by atoms with Gasteiger partial charge in [-0.15, -0.1) is 0 Å². The molecule has 0 aliphatic rings. The van der Waals surface area contributed by atoms with E-state index in [0.717, 1.165) is 0 Å². The predicted molar refractivity (Wildman–Crippen MR) is 74.6 cm³/mol. The van der Waals surface area contributed by atoms with Gasteiger partial charge in [0.05, 0.1) is 18.4 Å². The maximum Gasteiger partial charge on any atom is 0.260 e. The van der Waals surface area contributed by atoms with Gasteiger partial charge in [0.25, 0.3) is 5.91 Å².